The van der Waals surface area contributed by atoms with Gasteiger partial charge in [-0.25, -0.2) is 4.79 Å². The number of ketones is 1. The SMILES string of the molecule is CC(C)(C)OC(=O)N[C@H](CC(=O)c1ccccc1)c1cccs1. The van der Waals surface area contributed by atoms with Gasteiger partial charge in [0.25, 0.3) is 0 Å². The molecule has 5 heteroatoms. The number of ether oxygens (including phenoxy) is 1. The molecule has 2 rings (SSSR count). The molecule has 1 aromatic carbocycles. The highest BCUT2D eigenvalue weighted by Gasteiger charge is 2.23. The van der Waals surface area contributed by atoms with Crippen molar-refractivity contribution < 1.29 is 14.3 Å². The lowest BCUT2D eigenvalue weighted by atomic mass is 10.0. The molecule has 0 spiro atoms. The predicted octanol–water partition coefficient (Wildman–Crippen LogP) is 4.59. The summed E-state index contributed by atoms with van der Waals surface area (Å²) in [6, 6.07) is 12.5. The minimum Gasteiger partial charge on any atom is -0.444 e. The number of carbonyl (C=O) groups is 2. The molecule has 2 aromatic rings. The zero-order valence-corrected chi connectivity index (χ0v) is 14.4. The summed E-state index contributed by atoms with van der Waals surface area (Å²) in [5.74, 6) is -0.0138. The lowest BCUT2D eigenvalue weighted by Crippen LogP contribution is -2.35. The Balaban J connectivity index is 2.10. The van der Waals surface area contributed by atoms with Gasteiger partial charge in [0.1, 0.15) is 5.60 Å². The van der Waals surface area contributed by atoms with Gasteiger partial charge in [0.05, 0.1) is 6.04 Å². The number of hydrogen-bond donors (Lipinski definition) is 1. The molecule has 0 bridgehead atoms. The van der Waals surface area contributed by atoms with Gasteiger partial charge in [0.15, 0.2) is 5.78 Å². The first-order chi connectivity index (χ1) is 10.8. The Hall–Kier alpha value is -2.14. The molecule has 4 nitrogen and oxygen atoms in total. The highest BCUT2D eigenvalue weighted by atomic mass is 32.1. The molecule has 0 radical (unpaired) electrons. The molecule has 0 aliphatic rings. The van der Waals surface area contributed by atoms with Crippen LogP contribution in [0.2, 0.25) is 0 Å². The van der Waals surface area contributed by atoms with E-state index in [2.05, 4.69) is 5.32 Å². The molecular formula is C18H21NO3S. The second-order valence-electron chi connectivity index (χ2n) is 6.21. The van der Waals surface area contributed by atoms with Crippen molar-refractivity contribution in [3.05, 3.63) is 58.3 Å². The van der Waals surface area contributed by atoms with Crippen LogP contribution in [0.4, 0.5) is 4.79 Å². The molecule has 1 N–H and O–H groups in total. The van der Waals surface area contributed by atoms with E-state index in [1.807, 2.05) is 56.5 Å². The maximum absolute atomic E-state index is 12.4. The van der Waals surface area contributed by atoms with Gasteiger partial charge >= 0.3 is 6.09 Å². The van der Waals surface area contributed by atoms with E-state index in [0.29, 0.717) is 5.56 Å². The standard InChI is InChI=1S/C18H21NO3S/c1-18(2,3)22-17(21)19-14(16-10-7-11-23-16)12-15(20)13-8-5-4-6-9-13/h4-11,14H,12H2,1-3H3,(H,19,21)/t14-/m1/s1. The molecule has 1 aromatic heterocycles. The predicted molar refractivity (Wildman–Crippen MR) is 91.8 cm³/mol. The number of alkyl carbamates (subject to hydrolysis) is 1. The number of amides is 1. The van der Waals surface area contributed by atoms with Crippen molar-refractivity contribution >= 4 is 23.2 Å². The van der Waals surface area contributed by atoms with Crippen molar-refractivity contribution in [1.82, 2.24) is 5.32 Å². The Morgan fingerprint density at radius 2 is 1.83 bits per heavy atom. The molecule has 1 amide bonds. The number of nitrogens with one attached hydrogen (secondary N) is 1. The normalized spacial score (nSPS) is 12.5. The highest BCUT2D eigenvalue weighted by molar-refractivity contribution is 7.10. The minimum atomic E-state index is -0.576. The van der Waals surface area contributed by atoms with Crippen molar-refractivity contribution in [1.29, 1.82) is 0 Å². The van der Waals surface area contributed by atoms with Crippen LogP contribution in [-0.2, 0) is 4.74 Å². The van der Waals surface area contributed by atoms with Crippen LogP contribution in [0, 0.1) is 0 Å². The summed E-state index contributed by atoms with van der Waals surface area (Å²) < 4.78 is 5.30. The van der Waals surface area contributed by atoms with E-state index in [-0.39, 0.29) is 12.2 Å². The topological polar surface area (TPSA) is 55.4 Å². The summed E-state index contributed by atoms with van der Waals surface area (Å²) in [7, 11) is 0. The molecule has 23 heavy (non-hydrogen) atoms. The van der Waals surface area contributed by atoms with Crippen molar-refractivity contribution in [2.75, 3.05) is 0 Å². The van der Waals surface area contributed by atoms with E-state index in [1.165, 1.54) is 11.3 Å². The Morgan fingerprint density at radius 1 is 1.13 bits per heavy atom. The number of benzene rings is 1. The van der Waals surface area contributed by atoms with Gasteiger partial charge in [0, 0.05) is 16.9 Å². The van der Waals surface area contributed by atoms with Gasteiger partial charge in [-0.05, 0) is 32.2 Å². The first kappa shape index (κ1) is 17.2. The van der Waals surface area contributed by atoms with Gasteiger partial charge in [0.2, 0.25) is 0 Å². The van der Waals surface area contributed by atoms with Crippen LogP contribution in [0.3, 0.4) is 0 Å². The number of thiophene rings is 1. The van der Waals surface area contributed by atoms with Gasteiger partial charge in [-0.3, -0.25) is 4.79 Å². The second-order valence-corrected chi connectivity index (χ2v) is 7.19. The summed E-state index contributed by atoms with van der Waals surface area (Å²) in [4.78, 5) is 25.4. The third-order valence-electron chi connectivity index (χ3n) is 3.06. The fourth-order valence-electron chi connectivity index (χ4n) is 2.09. The number of rotatable bonds is 5. The van der Waals surface area contributed by atoms with E-state index in [4.69, 9.17) is 4.74 Å². The zero-order chi connectivity index (χ0) is 16.9. The lowest BCUT2D eigenvalue weighted by molar-refractivity contribution is 0.0502. The number of carbonyl (C=O) groups excluding carboxylic acids is 2. The van der Waals surface area contributed by atoms with Crippen molar-refractivity contribution in [2.24, 2.45) is 0 Å². The number of hydrogen-bond acceptors (Lipinski definition) is 4. The molecule has 1 atom stereocenters. The van der Waals surface area contributed by atoms with Crippen LogP contribution in [0.5, 0.6) is 0 Å². The average molecular weight is 331 g/mol. The van der Waals surface area contributed by atoms with E-state index in [0.717, 1.165) is 4.88 Å². The van der Waals surface area contributed by atoms with Crippen LogP contribution in [0.1, 0.15) is 48.5 Å². The van der Waals surface area contributed by atoms with Crippen molar-refractivity contribution in [3.8, 4) is 0 Å². The summed E-state index contributed by atoms with van der Waals surface area (Å²) in [5, 5.41) is 4.73. The Bertz CT molecular complexity index is 645. The van der Waals surface area contributed by atoms with Crippen molar-refractivity contribution in [2.45, 2.75) is 38.8 Å². The van der Waals surface area contributed by atoms with Crippen LogP contribution < -0.4 is 5.32 Å². The smallest absolute Gasteiger partial charge is 0.408 e. The van der Waals surface area contributed by atoms with E-state index in [1.54, 1.807) is 12.1 Å². The molecule has 0 aliphatic carbocycles. The van der Waals surface area contributed by atoms with Crippen LogP contribution >= 0.6 is 11.3 Å². The van der Waals surface area contributed by atoms with Gasteiger partial charge in [-0.15, -0.1) is 11.3 Å². The summed E-state index contributed by atoms with van der Waals surface area (Å²) >= 11 is 1.51. The molecular weight excluding hydrogens is 310 g/mol. The Labute approximate surface area is 140 Å². The van der Waals surface area contributed by atoms with Crippen LogP contribution in [0.25, 0.3) is 0 Å². The van der Waals surface area contributed by atoms with Crippen LogP contribution in [-0.4, -0.2) is 17.5 Å². The number of Topliss-reactive ketones (excluding diaryl/α,β-unsaturated/α-hetero) is 1. The van der Waals surface area contributed by atoms with E-state index < -0.39 is 17.7 Å². The average Bonchev–Trinajstić information content (AvgIpc) is 2.99. The first-order valence-corrected chi connectivity index (χ1v) is 8.34. The van der Waals surface area contributed by atoms with Crippen LogP contribution in [0.15, 0.2) is 47.8 Å². The maximum Gasteiger partial charge on any atom is 0.408 e. The quantitative estimate of drug-likeness (QED) is 0.816. The van der Waals surface area contributed by atoms with Gasteiger partial charge < -0.3 is 10.1 Å². The molecule has 1 heterocycles. The van der Waals surface area contributed by atoms with E-state index in [9.17, 15) is 9.59 Å². The minimum absolute atomic E-state index is 0.0138. The molecule has 0 saturated carbocycles. The summed E-state index contributed by atoms with van der Waals surface area (Å²) in [6.07, 6.45) is -0.319. The van der Waals surface area contributed by atoms with Gasteiger partial charge in [-0.1, -0.05) is 36.4 Å². The monoisotopic (exact) mass is 331 g/mol. The maximum atomic E-state index is 12.4. The third kappa shape index (κ3) is 5.53. The van der Waals surface area contributed by atoms with Crippen molar-refractivity contribution in [3.63, 3.8) is 0 Å². The summed E-state index contributed by atoms with van der Waals surface area (Å²) in [6.45, 7) is 5.42. The first-order valence-electron chi connectivity index (χ1n) is 7.46. The fourth-order valence-corrected chi connectivity index (χ4v) is 2.87. The highest BCUT2D eigenvalue weighted by Crippen LogP contribution is 2.24. The third-order valence-corrected chi connectivity index (χ3v) is 4.05. The molecule has 0 unspecified atom stereocenters. The molecule has 0 fully saturated rings. The Kier molecular flexibility index (Phi) is 5.55. The molecule has 122 valence electrons. The van der Waals surface area contributed by atoms with E-state index >= 15 is 0 Å². The summed E-state index contributed by atoms with van der Waals surface area (Å²) in [5.41, 5.74) is 0.0631. The Morgan fingerprint density at radius 3 is 2.39 bits per heavy atom. The zero-order valence-electron chi connectivity index (χ0n) is 13.5. The lowest BCUT2D eigenvalue weighted by Gasteiger charge is -2.23. The largest absolute Gasteiger partial charge is 0.444 e. The molecule has 0 saturated heterocycles. The molecule has 0 aliphatic heterocycles. The second kappa shape index (κ2) is 7.42. The van der Waals surface area contributed by atoms with Gasteiger partial charge in [-0.2, -0.15) is 0 Å². The fraction of sp³-hybridized carbons (Fsp3) is 0.333.